The van der Waals surface area contributed by atoms with Gasteiger partial charge in [-0.1, -0.05) is 49.2 Å². The van der Waals surface area contributed by atoms with Crippen LogP contribution in [-0.2, 0) is 5.75 Å². The van der Waals surface area contributed by atoms with Gasteiger partial charge in [0.05, 0.1) is 5.69 Å². The molecular formula is C19H23N5S2. The average Bonchev–Trinajstić information content (AvgIpc) is 3.28. The number of hydrogen-bond donors (Lipinski definition) is 1. The minimum absolute atomic E-state index is 0.562. The zero-order valence-electron chi connectivity index (χ0n) is 14.9. The molecule has 2 heterocycles. The zero-order valence-corrected chi connectivity index (χ0v) is 16.5. The maximum Gasteiger partial charge on any atom is 0.191 e. The molecule has 0 bridgehead atoms. The molecule has 1 aliphatic carbocycles. The first-order valence-electron chi connectivity index (χ1n) is 9.10. The molecule has 0 spiro atoms. The molecule has 26 heavy (non-hydrogen) atoms. The summed E-state index contributed by atoms with van der Waals surface area (Å²) >= 11 is 3.38. The van der Waals surface area contributed by atoms with Crippen LogP contribution in [0.2, 0.25) is 0 Å². The lowest BCUT2D eigenvalue weighted by Gasteiger charge is -2.24. The predicted molar refractivity (Wildman–Crippen MR) is 108 cm³/mol. The van der Waals surface area contributed by atoms with Crippen molar-refractivity contribution in [3.8, 4) is 0 Å². The minimum Gasteiger partial charge on any atom is -0.332 e. The quantitative estimate of drug-likeness (QED) is 0.561. The molecule has 0 amide bonds. The highest BCUT2D eigenvalue weighted by Gasteiger charge is 2.21. The molecule has 1 fully saturated rings. The Morgan fingerprint density at radius 1 is 1.15 bits per heavy atom. The second-order valence-corrected chi connectivity index (χ2v) is 8.42. The van der Waals surface area contributed by atoms with E-state index in [4.69, 9.17) is 4.98 Å². The number of benzene rings is 1. The first-order chi connectivity index (χ1) is 12.8. The van der Waals surface area contributed by atoms with Gasteiger partial charge in [-0.25, -0.2) is 4.98 Å². The molecule has 136 valence electrons. The lowest BCUT2D eigenvalue weighted by atomic mass is 9.95. The van der Waals surface area contributed by atoms with Gasteiger partial charge < -0.3 is 9.88 Å². The van der Waals surface area contributed by atoms with Crippen LogP contribution in [0.5, 0.6) is 0 Å². The average molecular weight is 386 g/mol. The van der Waals surface area contributed by atoms with Crippen LogP contribution in [0.15, 0.2) is 40.9 Å². The summed E-state index contributed by atoms with van der Waals surface area (Å²) in [4.78, 5) is 4.70. The fourth-order valence-electron chi connectivity index (χ4n) is 3.42. The second kappa shape index (κ2) is 8.22. The summed E-state index contributed by atoms with van der Waals surface area (Å²) in [6.45, 7) is 2.07. The van der Waals surface area contributed by atoms with Gasteiger partial charge in [0.1, 0.15) is 5.82 Å². The zero-order chi connectivity index (χ0) is 17.8. The van der Waals surface area contributed by atoms with Crippen molar-refractivity contribution in [3.63, 3.8) is 0 Å². The molecule has 1 saturated carbocycles. The van der Waals surface area contributed by atoms with Crippen molar-refractivity contribution >= 4 is 33.9 Å². The van der Waals surface area contributed by atoms with Crippen LogP contribution in [-0.4, -0.2) is 19.7 Å². The molecule has 2 aromatic heterocycles. The number of hydrogen-bond acceptors (Lipinski definition) is 6. The van der Waals surface area contributed by atoms with E-state index in [1.54, 1.807) is 23.1 Å². The third-order valence-corrected chi connectivity index (χ3v) is 6.48. The van der Waals surface area contributed by atoms with E-state index in [-0.39, 0.29) is 0 Å². The molecule has 4 rings (SSSR count). The summed E-state index contributed by atoms with van der Waals surface area (Å²) in [5.41, 5.74) is 2.14. The molecule has 0 saturated heterocycles. The first kappa shape index (κ1) is 17.5. The monoisotopic (exact) mass is 385 g/mol. The van der Waals surface area contributed by atoms with Gasteiger partial charge in [0.25, 0.3) is 0 Å². The highest BCUT2D eigenvalue weighted by molar-refractivity contribution is 7.98. The minimum atomic E-state index is 0.562. The van der Waals surface area contributed by atoms with Crippen LogP contribution in [0.25, 0.3) is 0 Å². The summed E-state index contributed by atoms with van der Waals surface area (Å²) in [6, 6.07) is 10.7. The van der Waals surface area contributed by atoms with Crippen LogP contribution in [0.3, 0.4) is 0 Å². The number of thiazole rings is 1. The number of thioether (sulfide) groups is 1. The molecule has 1 N–H and O–H groups in total. The number of aromatic nitrogens is 4. The second-order valence-electron chi connectivity index (χ2n) is 6.62. The van der Waals surface area contributed by atoms with E-state index in [1.807, 2.05) is 30.3 Å². The van der Waals surface area contributed by atoms with Gasteiger partial charge in [0.2, 0.25) is 0 Å². The third-order valence-electron chi connectivity index (χ3n) is 4.70. The number of anilines is 2. The Bertz CT molecular complexity index is 837. The number of para-hydroxylation sites is 1. The van der Waals surface area contributed by atoms with Crippen molar-refractivity contribution in [1.29, 1.82) is 0 Å². The summed E-state index contributed by atoms with van der Waals surface area (Å²) in [5.74, 6) is 1.85. The lowest BCUT2D eigenvalue weighted by molar-refractivity contribution is 0.332. The summed E-state index contributed by atoms with van der Waals surface area (Å²) in [7, 11) is 0. The Morgan fingerprint density at radius 3 is 2.77 bits per heavy atom. The fourth-order valence-corrected chi connectivity index (χ4v) is 5.20. The lowest BCUT2D eigenvalue weighted by Crippen LogP contribution is -2.15. The van der Waals surface area contributed by atoms with Gasteiger partial charge in [-0.2, -0.15) is 0 Å². The van der Waals surface area contributed by atoms with E-state index in [0.717, 1.165) is 33.2 Å². The highest BCUT2D eigenvalue weighted by Crippen LogP contribution is 2.33. The number of nitrogens with one attached hydrogen (secondary N) is 1. The van der Waals surface area contributed by atoms with Gasteiger partial charge in [0, 0.05) is 22.9 Å². The topological polar surface area (TPSA) is 55.6 Å². The Hall–Kier alpha value is -1.86. The largest absolute Gasteiger partial charge is 0.332 e. The van der Waals surface area contributed by atoms with Crippen molar-refractivity contribution < 1.29 is 0 Å². The normalized spacial score (nSPS) is 15.3. The van der Waals surface area contributed by atoms with Crippen molar-refractivity contribution in [3.05, 3.63) is 47.2 Å². The van der Waals surface area contributed by atoms with Crippen LogP contribution in [0, 0.1) is 6.92 Å². The Morgan fingerprint density at radius 2 is 1.96 bits per heavy atom. The molecule has 0 radical (unpaired) electrons. The predicted octanol–water partition coefficient (Wildman–Crippen LogP) is 5.58. The Balaban J connectivity index is 1.40. The fraction of sp³-hybridized carbons (Fsp3) is 0.421. The maximum atomic E-state index is 4.70. The Kier molecular flexibility index (Phi) is 5.55. The van der Waals surface area contributed by atoms with Crippen molar-refractivity contribution in [2.75, 3.05) is 5.32 Å². The molecular weight excluding hydrogens is 362 g/mol. The van der Waals surface area contributed by atoms with Gasteiger partial charge in [-0.05, 0) is 31.9 Å². The van der Waals surface area contributed by atoms with Crippen LogP contribution >= 0.6 is 23.1 Å². The molecule has 7 heteroatoms. The molecule has 0 unspecified atom stereocenters. The standard InChI is InChI=1S/C19H23N5S2/c1-14-22-23-19(24(14)17-10-6-3-7-11-17)26-13-16-12-25-18(21-16)20-15-8-4-2-5-9-15/h2,4-5,8-9,12,17H,3,6-7,10-11,13H2,1H3,(H,20,21). The van der Waals surface area contributed by atoms with Crippen LogP contribution < -0.4 is 5.32 Å². The number of nitrogens with zero attached hydrogens (tertiary/aromatic N) is 4. The van der Waals surface area contributed by atoms with Crippen molar-refractivity contribution in [2.45, 2.75) is 56.0 Å². The van der Waals surface area contributed by atoms with Gasteiger partial charge >= 0.3 is 0 Å². The van der Waals surface area contributed by atoms with Gasteiger partial charge in [-0.3, -0.25) is 0 Å². The van der Waals surface area contributed by atoms with Crippen LogP contribution in [0.1, 0.15) is 49.7 Å². The number of rotatable bonds is 6. The van der Waals surface area contributed by atoms with E-state index in [9.17, 15) is 0 Å². The van der Waals surface area contributed by atoms with E-state index >= 15 is 0 Å². The molecule has 1 aromatic carbocycles. The molecule has 0 atom stereocenters. The van der Waals surface area contributed by atoms with Crippen LogP contribution in [0.4, 0.5) is 10.8 Å². The van der Waals surface area contributed by atoms with Gasteiger partial charge in [0.15, 0.2) is 10.3 Å². The maximum absolute atomic E-state index is 4.70. The number of aryl methyl sites for hydroxylation is 1. The van der Waals surface area contributed by atoms with E-state index < -0.39 is 0 Å². The van der Waals surface area contributed by atoms with Crippen molar-refractivity contribution in [2.24, 2.45) is 0 Å². The molecule has 5 nitrogen and oxygen atoms in total. The van der Waals surface area contributed by atoms with E-state index in [0.29, 0.717) is 6.04 Å². The van der Waals surface area contributed by atoms with Crippen molar-refractivity contribution in [1.82, 2.24) is 19.7 Å². The summed E-state index contributed by atoms with van der Waals surface area (Å²) in [6.07, 6.45) is 6.47. The van der Waals surface area contributed by atoms with E-state index in [1.165, 1.54) is 32.1 Å². The summed E-state index contributed by atoms with van der Waals surface area (Å²) in [5, 5.41) is 16.2. The highest BCUT2D eigenvalue weighted by atomic mass is 32.2. The molecule has 1 aliphatic rings. The smallest absolute Gasteiger partial charge is 0.191 e. The van der Waals surface area contributed by atoms with E-state index in [2.05, 4.69) is 32.4 Å². The first-order valence-corrected chi connectivity index (χ1v) is 11.0. The third kappa shape index (κ3) is 4.10. The molecule has 0 aliphatic heterocycles. The summed E-state index contributed by atoms with van der Waals surface area (Å²) < 4.78 is 2.35. The Labute approximate surface area is 162 Å². The SMILES string of the molecule is Cc1nnc(SCc2csc(Nc3ccccc3)n2)n1C1CCCCC1. The van der Waals surface area contributed by atoms with Gasteiger partial charge in [-0.15, -0.1) is 21.5 Å². The molecule has 3 aromatic rings.